The highest BCUT2D eigenvalue weighted by Gasteiger charge is 2.26. The molecule has 1 N–H and O–H groups in total. The number of aromatic nitrogens is 2. The van der Waals surface area contributed by atoms with E-state index in [4.69, 9.17) is 11.6 Å². The van der Waals surface area contributed by atoms with Crippen molar-refractivity contribution in [3.05, 3.63) is 53.3 Å². The smallest absolute Gasteiger partial charge is 0.225 e. The summed E-state index contributed by atoms with van der Waals surface area (Å²) in [5.41, 5.74) is 1.00. The molecule has 1 amide bonds. The van der Waals surface area contributed by atoms with E-state index in [2.05, 4.69) is 20.2 Å². The first-order valence-electron chi connectivity index (χ1n) is 7.76. The zero-order valence-corrected chi connectivity index (χ0v) is 13.5. The summed E-state index contributed by atoms with van der Waals surface area (Å²) in [6.45, 7) is 2.05. The maximum absolute atomic E-state index is 12.4. The van der Waals surface area contributed by atoms with Gasteiger partial charge in [0, 0.05) is 37.1 Å². The molecule has 1 unspecified atom stereocenters. The first-order valence-corrected chi connectivity index (χ1v) is 8.14. The third kappa shape index (κ3) is 4.20. The predicted molar refractivity (Wildman–Crippen MR) is 90.3 cm³/mol. The normalized spacial score (nSPS) is 17.8. The van der Waals surface area contributed by atoms with Crippen LogP contribution in [0.4, 0.5) is 5.95 Å². The number of hydrogen-bond acceptors (Lipinski definition) is 4. The van der Waals surface area contributed by atoms with Crippen LogP contribution in [-0.4, -0.2) is 29.0 Å². The molecule has 120 valence electrons. The fraction of sp³-hybridized carbons (Fsp3) is 0.353. The van der Waals surface area contributed by atoms with E-state index < -0.39 is 0 Å². The molecule has 1 atom stereocenters. The summed E-state index contributed by atoms with van der Waals surface area (Å²) in [6.07, 6.45) is 5.31. The molecule has 0 bridgehead atoms. The number of rotatable bonds is 4. The van der Waals surface area contributed by atoms with Gasteiger partial charge in [-0.1, -0.05) is 23.7 Å². The summed E-state index contributed by atoms with van der Waals surface area (Å²) in [6, 6.07) is 9.33. The van der Waals surface area contributed by atoms with Gasteiger partial charge in [-0.3, -0.25) is 4.79 Å². The quantitative estimate of drug-likeness (QED) is 0.936. The van der Waals surface area contributed by atoms with Crippen LogP contribution in [0.1, 0.15) is 18.4 Å². The number of nitrogens with one attached hydrogen (secondary N) is 1. The molecular formula is C17H19ClN4O. The Bertz CT molecular complexity index is 665. The summed E-state index contributed by atoms with van der Waals surface area (Å²) < 4.78 is 0. The molecule has 5 nitrogen and oxygen atoms in total. The van der Waals surface area contributed by atoms with Gasteiger partial charge in [0.1, 0.15) is 0 Å². The van der Waals surface area contributed by atoms with E-state index in [1.165, 1.54) is 0 Å². The number of nitrogens with zero attached hydrogens (tertiary/aromatic N) is 3. The van der Waals surface area contributed by atoms with Gasteiger partial charge in [0.2, 0.25) is 11.9 Å². The van der Waals surface area contributed by atoms with E-state index in [0.29, 0.717) is 24.1 Å². The van der Waals surface area contributed by atoms with Gasteiger partial charge in [0.25, 0.3) is 0 Å². The van der Waals surface area contributed by atoms with Crippen LogP contribution in [-0.2, 0) is 11.3 Å². The van der Waals surface area contributed by atoms with Crippen molar-refractivity contribution in [2.75, 3.05) is 18.0 Å². The standard InChI is InChI=1S/C17H19ClN4O/c18-15-6-1-4-13(10-15)11-21-16(23)14-5-2-9-22(12-14)17-19-7-3-8-20-17/h1,3-4,6-8,10,14H,2,5,9,11-12H2,(H,21,23). The second-order valence-electron chi connectivity index (χ2n) is 5.68. The van der Waals surface area contributed by atoms with Crippen molar-refractivity contribution >= 4 is 23.5 Å². The van der Waals surface area contributed by atoms with Crippen molar-refractivity contribution < 1.29 is 4.79 Å². The highest BCUT2D eigenvalue weighted by Crippen LogP contribution is 2.20. The van der Waals surface area contributed by atoms with Crippen molar-refractivity contribution in [1.82, 2.24) is 15.3 Å². The summed E-state index contributed by atoms with van der Waals surface area (Å²) in [5.74, 6) is 0.734. The second kappa shape index (κ2) is 7.42. The lowest BCUT2D eigenvalue weighted by atomic mass is 9.97. The SMILES string of the molecule is O=C(NCc1cccc(Cl)c1)C1CCCN(c2ncccn2)C1. The first-order chi connectivity index (χ1) is 11.2. The Morgan fingerprint density at radius 1 is 1.30 bits per heavy atom. The van der Waals surface area contributed by atoms with Crippen molar-refractivity contribution in [2.24, 2.45) is 5.92 Å². The van der Waals surface area contributed by atoms with Crippen molar-refractivity contribution in [1.29, 1.82) is 0 Å². The molecule has 0 aliphatic carbocycles. The van der Waals surface area contributed by atoms with Crippen LogP contribution in [0.5, 0.6) is 0 Å². The topological polar surface area (TPSA) is 58.1 Å². The molecule has 23 heavy (non-hydrogen) atoms. The predicted octanol–water partition coefficient (Wildman–Crippen LogP) is 2.66. The van der Waals surface area contributed by atoms with E-state index >= 15 is 0 Å². The molecule has 1 aromatic carbocycles. The summed E-state index contributed by atoms with van der Waals surface area (Å²) in [4.78, 5) is 23.0. The fourth-order valence-electron chi connectivity index (χ4n) is 2.81. The lowest BCUT2D eigenvalue weighted by molar-refractivity contribution is -0.125. The van der Waals surface area contributed by atoms with Crippen molar-refractivity contribution in [2.45, 2.75) is 19.4 Å². The second-order valence-corrected chi connectivity index (χ2v) is 6.12. The molecule has 1 saturated heterocycles. The van der Waals surface area contributed by atoms with Crippen LogP contribution in [0.25, 0.3) is 0 Å². The number of benzene rings is 1. The number of carbonyl (C=O) groups excluding carboxylic acids is 1. The lowest BCUT2D eigenvalue weighted by Gasteiger charge is -2.31. The minimum atomic E-state index is -0.0354. The summed E-state index contributed by atoms with van der Waals surface area (Å²) in [7, 11) is 0. The summed E-state index contributed by atoms with van der Waals surface area (Å²) >= 11 is 5.96. The third-order valence-electron chi connectivity index (χ3n) is 3.98. The van der Waals surface area contributed by atoms with Gasteiger partial charge in [-0.05, 0) is 36.6 Å². The maximum Gasteiger partial charge on any atom is 0.225 e. The molecule has 2 heterocycles. The zero-order valence-electron chi connectivity index (χ0n) is 12.8. The van der Waals surface area contributed by atoms with E-state index in [1.807, 2.05) is 24.3 Å². The molecule has 2 aromatic rings. The number of amides is 1. The van der Waals surface area contributed by atoms with E-state index in [-0.39, 0.29) is 11.8 Å². The monoisotopic (exact) mass is 330 g/mol. The van der Waals surface area contributed by atoms with Gasteiger partial charge in [0.05, 0.1) is 5.92 Å². The number of piperidine rings is 1. The molecule has 0 radical (unpaired) electrons. The van der Waals surface area contributed by atoms with Gasteiger partial charge < -0.3 is 10.2 Å². The number of anilines is 1. The lowest BCUT2D eigenvalue weighted by Crippen LogP contribution is -2.43. The van der Waals surface area contributed by atoms with Gasteiger partial charge in [-0.15, -0.1) is 0 Å². The van der Waals surface area contributed by atoms with Crippen molar-refractivity contribution in [3.8, 4) is 0 Å². The Labute approximate surface area is 140 Å². The minimum absolute atomic E-state index is 0.0354. The van der Waals surface area contributed by atoms with E-state index in [9.17, 15) is 4.79 Å². The maximum atomic E-state index is 12.4. The first kappa shape index (κ1) is 15.7. The molecule has 1 aliphatic rings. The third-order valence-corrected chi connectivity index (χ3v) is 4.22. The highest BCUT2D eigenvalue weighted by molar-refractivity contribution is 6.30. The van der Waals surface area contributed by atoms with Gasteiger partial charge in [0.15, 0.2) is 0 Å². The Morgan fingerprint density at radius 3 is 2.91 bits per heavy atom. The van der Waals surface area contributed by atoms with Gasteiger partial charge >= 0.3 is 0 Å². The van der Waals surface area contributed by atoms with Crippen LogP contribution >= 0.6 is 11.6 Å². The van der Waals surface area contributed by atoms with Crippen LogP contribution in [0.3, 0.4) is 0 Å². The highest BCUT2D eigenvalue weighted by atomic mass is 35.5. The molecular weight excluding hydrogens is 312 g/mol. The van der Waals surface area contributed by atoms with Gasteiger partial charge in [-0.2, -0.15) is 0 Å². The van der Waals surface area contributed by atoms with Crippen LogP contribution in [0.15, 0.2) is 42.7 Å². The Hall–Kier alpha value is -2.14. The Morgan fingerprint density at radius 2 is 2.13 bits per heavy atom. The average molecular weight is 331 g/mol. The molecule has 1 aromatic heterocycles. The van der Waals surface area contributed by atoms with Crippen LogP contribution < -0.4 is 10.2 Å². The number of hydrogen-bond donors (Lipinski definition) is 1. The molecule has 0 saturated carbocycles. The molecule has 0 spiro atoms. The molecule has 1 fully saturated rings. The van der Waals surface area contributed by atoms with Crippen LogP contribution in [0, 0.1) is 5.92 Å². The van der Waals surface area contributed by atoms with Gasteiger partial charge in [-0.25, -0.2) is 9.97 Å². The van der Waals surface area contributed by atoms with Crippen LogP contribution in [0.2, 0.25) is 5.02 Å². The Balaban J connectivity index is 1.57. The van der Waals surface area contributed by atoms with Crippen molar-refractivity contribution in [3.63, 3.8) is 0 Å². The average Bonchev–Trinajstić information content (AvgIpc) is 2.61. The minimum Gasteiger partial charge on any atom is -0.352 e. The Kier molecular flexibility index (Phi) is 5.08. The molecule has 3 rings (SSSR count). The number of carbonyl (C=O) groups is 1. The largest absolute Gasteiger partial charge is 0.352 e. The molecule has 1 aliphatic heterocycles. The molecule has 6 heteroatoms. The summed E-state index contributed by atoms with van der Waals surface area (Å²) in [5, 5.41) is 3.69. The zero-order chi connectivity index (χ0) is 16.1. The van der Waals surface area contributed by atoms with E-state index in [0.717, 1.165) is 24.9 Å². The number of halogens is 1. The van der Waals surface area contributed by atoms with E-state index in [1.54, 1.807) is 18.5 Å². The fourth-order valence-corrected chi connectivity index (χ4v) is 3.02.